The summed E-state index contributed by atoms with van der Waals surface area (Å²) in [6.45, 7) is 0. The Balaban J connectivity index is 1.84. The molecule has 2 aromatic rings. The van der Waals surface area contributed by atoms with Crippen molar-refractivity contribution in [3.05, 3.63) is 61.4 Å². The summed E-state index contributed by atoms with van der Waals surface area (Å²) < 4.78 is 5.98. The summed E-state index contributed by atoms with van der Waals surface area (Å²) in [5.74, 6) is 0.364. The van der Waals surface area contributed by atoms with E-state index in [9.17, 15) is 4.79 Å². The zero-order chi connectivity index (χ0) is 18.0. The summed E-state index contributed by atoms with van der Waals surface area (Å²) in [6.07, 6.45) is 1.75. The van der Waals surface area contributed by atoms with E-state index in [1.807, 2.05) is 12.1 Å². The molecule has 0 aromatic heterocycles. The molecule has 1 N–H and O–H groups in total. The lowest BCUT2D eigenvalue weighted by Crippen LogP contribution is -2.19. The van der Waals surface area contributed by atoms with Crippen molar-refractivity contribution in [3.63, 3.8) is 0 Å². The molecule has 1 amide bonds. The van der Waals surface area contributed by atoms with Crippen molar-refractivity contribution in [1.29, 1.82) is 0 Å². The van der Waals surface area contributed by atoms with Crippen LogP contribution in [0.15, 0.2) is 50.8 Å². The molecule has 1 heterocycles. The van der Waals surface area contributed by atoms with Crippen molar-refractivity contribution in [2.24, 2.45) is 4.99 Å². The molecule has 4 nitrogen and oxygen atoms in total. The lowest BCUT2D eigenvalue weighted by molar-refractivity contribution is -0.115. The maximum absolute atomic E-state index is 12.1. The maximum Gasteiger partial charge on any atom is 0.264 e. The number of amidine groups is 1. The van der Waals surface area contributed by atoms with Gasteiger partial charge in [-0.2, -0.15) is 0 Å². The number of hydrogen-bond donors (Lipinski definition) is 1. The molecule has 0 unspecified atom stereocenters. The molecule has 8 heteroatoms. The van der Waals surface area contributed by atoms with Crippen LogP contribution in [0.1, 0.15) is 5.56 Å². The number of aliphatic imine (C=N–C) groups is 1. The van der Waals surface area contributed by atoms with E-state index in [0.29, 0.717) is 31.6 Å². The largest absolute Gasteiger partial charge is 0.495 e. The van der Waals surface area contributed by atoms with Crippen molar-refractivity contribution < 1.29 is 9.53 Å². The Labute approximate surface area is 167 Å². The highest BCUT2D eigenvalue weighted by Gasteiger charge is 2.24. The fourth-order valence-corrected chi connectivity index (χ4v) is 3.90. The first kappa shape index (κ1) is 18.3. The number of nitrogens with one attached hydrogen (secondary N) is 1. The minimum atomic E-state index is -0.219. The van der Waals surface area contributed by atoms with Gasteiger partial charge in [-0.1, -0.05) is 45.2 Å². The standard InChI is InChI=1S/C17H11BrCl2N2O2S/c1-24-14-5-2-9(6-12(14)20)7-15-16(23)22-17(25-15)21-13-4-3-10(18)8-11(13)19/h2-8H,1H3,(H,21,22,23). The Kier molecular flexibility index (Phi) is 5.74. The first-order valence-corrected chi connectivity index (χ1v) is 9.41. The summed E-state index contributed by atoms with van der Waals surface area (Å²) in [5, 5.41) is 4.18. The minimum Gasteiger partial charge on any atom is -0.495 e. The van der Waals surface area contributed by atoms with Gasteiger partial charge in [0.2, 0.25) is 0 Å². The van der Waals surface area contributed by atoms with Gasteiger partial charge in [0.05, 0.1) is 27.7 Å². The Morgan fingerprint density at radius 2 is 2.00 bits per heavy atom. The van der Waals surface area contributed by atoms with Gasteiger partial charge in [-0.05, 0) is 53.7 Å². The van der Waals surface area contributed by atoms with Gasteiger partial charge in [0.1, 0.15) is 5.75 Å². The number of amides is 1. The number of carbonyl (C=O) groups is 1. The lowest BCUT2D eigenvalue weighted by atomic mass is 10.2. The number of thioether (sulfide) groups is 1. The van der Waals surface area contributed by atoms with E-state index in [1.54, 1.807) is 37.5 Å². The second-order valence-electron chi connectivity index (χ2n) is 4.97. The Morgan fingerprint density at radius 3 is 2.68 bits per heavy atom. The molecule has 0 aliphatic carbocycles. The van der Waals surface area contributed by atoms with E-state index in [2.05, 4.69) is 26.2 Å². The van der Waals surface area contributed by atoms with Crippen molar-refractivity contribution in [2.75, 3.05) is 7.11 Å². The minimum absolute atomic E-state index is 0.219. The Morgan fingerprint density at radius 1 is 1.20 bits per heavy atom. The van der Waals surface area contributed by atoms with Crippen LogP contribution in [-0.2, 0) is 4.79 Å². The third-order valence-electron chi connectivity index (χ3n) is 3.26. The van der Waals surface area contributed by atoms with Crippen molar-refractivity contribution in [2.45, 2.75) is 0 Å². The second-order valence-corrected chi connectivity index (χ2v) is 7.73. The monoisotopic (exact) mass is 456 g/mol. The number of nitrogens with zero attached hydrogens (tertiary/aromatic N) is 1. The van der Waals surface area contributed by atoms with Crippen LogP contribution in [-0.4, -0.2) is 18.2 Å². The van der Waals surface area contributed by atoms with E-state index in [0.717, 1.165) is 10.0 Å². The molecule has 0 saturated carbocycles. The van der Waals surface area contributed by atoms with E-state index in [-0.39, 0.29) is 5.91 Å². The first-order valence-electron chi connectivity index (χ1n) is 7.04. The van der Waals surface area contributed by atoms with Crippen LogP contribution in [0.25, 0.3) is 6.08 Å². The summed E-state index contributed by atoms with van der Waals surface area (Å²) in [4.78, 5) is 17.1. The zero-order valence-electron chi connectivity index (χ0n) is 12.8. The van der Waals surface area contributed by atoms with Gasteiger partial charge >= 0.3 is 0 Å². The molecule has 2 aromatic carbocycles. The number of rotatable bonds is 3. The van der Waals surface area contributed by atoms with E-state index >= 15 is 0 Å². The van der Waals surface area contributed by atoms with E-state index in [1.165, 1.54) is 11.8 Å². The van der Waals surface area contributed by atoms with Gasteiger partial charge in [-0.3, -0.25) is 4.79 Å². The highest BCUT2D eigenvalue weighted by molar-refractivity contribution is 9.10. The normalized spacial score (nSPS) is 17.2. The molecule has 0 radical (unpaired) electrons. The number of ether oxygens (including phenoxy) is 1. The fraction of sp³-hybridized carbons (Fsp3) is 0.0588. The average Bonchev–Trinajstić information content (AvgIpc) is 2.90. The number of methoxy groups -OCH3 is 1. The quantitative estimate of drug-likeness (QED) is 0.605. The summed E-state index contributed by atoms with van der Waals surface area (Å²) in [6, 6.07) is 10.7. The van der Waals surface area contributed by atoms with Gasteiger partial charge in [-0.25, -0.2) is 4.99 Å². The van der Waals surface area contributed by atoms with Gasteiger partial charge < -0.3 is 10.1 Å². The molecule has 1 saturated heterocycles. The maximum atomic E-state index is 12.1. The van der Waals surface area contributed by atoms with Gasteiger partial charge in [0.15, 0.2) is 5.17 Å². The summed E-state index contributed by atoms with van der Waals surface area (Å²) >= 11 is 16.9. The molecule has 1 fully saturated rings. The molecular formula is C17H11BrCl2N2O2S. The Bertz CT molecular complexity index is 916. The third kappa shape index (κ3) is 4.39. The second kappa shape index (κ2) is 7.83. The molecule has 3 rings (SSSR count). The smallest absolute Gasteiger partial charge is 0.264 e. The highest BCUT2D eigenvalue weighted by Crippen LogP contribution is 2.33. The molecule has 1 aliphatic rings. The molecule has 0 atom stereocenters. The van der Waals surface area contributed by atoms with Crippen LogP contribution in [0.2, 0.25) is 10.0 Å². The van der Waals surface area contributed by atoms with Crippen molar-refractivity contribution in [3.8, 4) is 5.75 Å². The summed E-state index contributed by atoms with van der Waals surface area (Å²) in [7, 11) is 1.55. The zero-order valence-corrected chi connectivity index (χ0v) is 16.8. The van der Waals surface area contributed by atoms with E-state index < -0.39 is 0 Å². The van der Waals surface area contributed by atoms with Crippen LogP contribution in [0.4, 0.5) is 5.69 Å². The van der Waals surface area contributed by atoms with Gasteiger partial charge in [0, 0.05) is 4.47 Å². The van der Waals surface area contributed by atoms with Crippen LogP contribution >= 0.6 is 50.9 Å². The summed E-state index contributed by atoms with van der Waals surface area (Å²) in [5.41, 5.74) is 1.38. The van der Waals surface area contributed by atoms with Gasteiger partial charge in [0.25, 0.3) is 5.91 Å². The molecule has 25 heavy (non-hydrogen) atoms. The Hall–Kier alpha value is -1.47. The van der Waals surface area contributed by atoms with Crippen LogP contribution in [0.5, 0.6) is 5.75 Å². The van der Waals surface area contributed by atoms with Crippen LogP contribution < -0.4 is 10.1 Å². The SMILES string of the molecule is COc1ccc(C=C2SC(=Nc3ccc(Br)cc3Cl)NC2=O)cc1Cl. The molecule has 128 valence electrons. The predicted molar refractivity (Wildman–Crippen MR) is 108 cm³/mol. The molecule has 0 spiro atoms. The average molecular weight is 458 g/mol. The predicted octanol–water partition coefficient (Wildman–Crippen LogP) is 5.66. The number of hydrogen-bond acceptors (Lipinski definition) is 4. The highest BCUT2D eigenvalue weighted by atomic mass is 79.9. The first-order chi connectivity index (χ1) is 12.0. The topological polar surface area (TPSA) is 50.7 Å². The van der Waals surface area contributed by atoms with Crippen molar-refractivity contribution in [1.82, 2.24) is 5.32 Å². The number of benzene rings is 2. The lowest BCUT2D eigenvalue weighted by Gasteiger charge is -2.03. The fourth-order valence-electron chi connectivity index (χ4n) is 2.09. The van der Waals surface area contributed by atoms with E-state index in [4.69, 9.17) is 27.9 Å². The van der Waals surface area contributed by atoms with Crippen LogP contribution in [0, 0.1) is 0 Å². The molecule has 0 bridgehead atoms. The van der Waals surface area contributed by atoms with Crippen LogP contribution in [0.3, 0.4) is 0 Å². The van der Waals surface area contributed by atoms with Crippen molar-refractivity contribution >= 4 is 73.7 Å². The molecule has 1 aliphatic heterocycles. The third-order valence-corrected chi connectivity index (χ3v) is 5.26. The molecular weight excluding hydrogens is 447 g/mol. The number of carbonyl (C=O) groups excluding carboxylic acids is 1. The number of halogens is 3. The van der Waals surface area contributed by atoms with Gasteiger partial charge in [-0.15, -0.1) is 0 Å².